The summed E-state index contributed by atoms with van der Waals surface area (Å²) in [7, 11) is 12.7. The van der Waals surface area contributed by atoms with E-state index in [4.69, 9.17) is 13.2 Å². The summed E-state index contributed by atoms with van der Waals surface area (Å²) in [5.41, 5.74) is 1.35. The molecule has 106 valence electrons. The third-order valence-corrected chi connectivity index (χ3v) is 12.6. The van der Waals surface area contributed by atoms with E-state index in [9.17, 15) is 0 Å². The van der Waals surface area contributed by atoms with Crippen LogP contribution in [0.3, 0.4) is 0 Å². The van der Waals surface area contributed by atoms with Crippen LogP contribution in [0.4, 0.5) is 0 Å². The Labute approximate surface area is 132 Å². The molecule has 2 nitrogen and oxygen atoms in total. The second-order valence-corrected chi connectivity index (χ2v) is 13.9. The second-order valence-electron chi connectivity index (χ2n) is 4.85. The third kappa shape index (κ3) is 3.94. The summed E-state index contributed by atoms with van der Waals surface area (Å²) in [4.78, 5) is 2.18. The van der Waals surface area contributed by atoms with Crippen LogP contribution in [0.5, 0.6) is 5.75 Å². The zero-order chi connectivity index (χ0) is 14.5. The molecule has 0 amide bonds. The summed E-state index contributed by atoms with van der Waals surface area (Å²) < 4.78 is 7.85. The fourth-order valence-corrected chi connectivity index (χ4v) is 9.53. The number of rotatable bonds is 5. The van der Waals surface area contributed by atoms with Gasteiger partial charge in [0.2, 0.25) is 0 Å². The van der Waals surface area contributed by atoms with E-state index >= 15 is 0 Å². The van der Waals surface area contributed by atoms with Gasteiger partial charge in [0.05, 0.1) is 0 Å². The molecule has 0 aliphatic rings. The molecule has 0 unspecified atom stereocenters. The maximum atomic E-state index is 6.86. The van der Waals surface area contributed by atoms with Gasteiger partial charge in [0.1, 0.15) is 0 Å². The van der Waals surface area contributed by atoms with Gasteiger partial charge in [0, 0.05) is 0 Å². The average molecular weight is 486 g/mol. The first-order valence-electron chi connectivity index (χ1n) is 6.44. The number of nitrogens with zero attached hydrogens (tertiary/aromatic N) is 1. The van der Waals surface area contributed by atoms with Gasteiger partial charge in [0.25, 0.3) is 0 Å². The van der Waals surface area contributed by atoms with Crippen LogP contribution in [0.25, 0.3) is 0 Å². The molecule has 2 aromatic carbocycles. The quantitative estimate of drug-likeness (QED) is 0.602. The minimum absolute atomic E-state index is 0.879. The predicted molar refractivity (Wildman–Crippen MR) is 87.7 cm³/mol. The molecule has 0 radical (unpaired) electrons. The fraction of sp³-hybridized carbons (Fsp3) is 0.250. The van der Waals surface area contributed by atoms with Gasteiger partial charge < -0.3 is 0 Å². The zero-order valence-electron chi connectivity index (χ0n) is 12.0. The van der Waals surface area contributed by atoms with E-state index in [1.165, 1.54) is 12.1 Å². The van der Waals surface area contributed by atoms with Crippen LogP contribution in [0.15, 0.2) is 48.5 Å². The Bertz CT molecular complexity index is 557. The Kier molecular flexibility index (Phi) is 5.83. The molecule has 0 saturated heterocycles. The van der Waals surface area contributed by atoms with Crippen molar-refractivity contribution in [3.63, 3.8) is 0 Å². The molecule has 0 aliphatic heterocycles. The zero-order valence-corrected chi connectivity index (χ0v) is 16.2. The van der Waals surface area contributed by atoms with Crippen molar-refractivity contribution in [2.45, 2.75) is 6.54 Å². The van der Waals surface area contributed by atoms with Crippen LogP contribution in [-0.2, 0) is 6.54 Å². The molecule has 0 aromatic heterocycles. The molecule has 0 spiro atoms. The number of methoxy groups -OCH3 is 1. The molecule has 0 fully saturated rings. The molecule has 20 heavy (non-hydrogen) atoms. The van der Waals surface area contributed by atoms with Crippen molar-refractivity contribution >= 4 is 35.6 Å². The Morgan fingerprint density at radius 1 is 1.05 bits per heavy atom. The van der Waals surface area contributed by atoms with Crippen molar-refractivity contribution in [2.24, 2.45) is 0 Å². The summed E-state index contributed by atoms with van der Waals surface area (Å²) in [5, 5.41) is 0. The van der Waals surface area contributed by atoms with Crippen LogP contribution in [0, 0.1) is 0 Å². The molecule has 0 heterocycles. The standard InChI is InChI=1S/C9H12N.C7H7O.Bi.ClH/c1-10(2)8-9-6-4-3-5-7-9;1-8-7-5-3-2-4-6-7;;/h3-6H,8H2,1-2H3;3-6H,1H3;;1H/q;;+1;/p-1. The number of benzene rings is 2. The molecular formula is C16H19BiClNO. The number of ether oxygens (including phenoxy) is 1. The maximum absolute atomic E-state index is 6.86. The van der Waals surface area contributed by atoms with Crippen LogP contribution >= 0.6 is 8.51 Å². The summed E-state index contributed by atoms with van der Waals surface area (Å²) >= 11 is -2.37. The van der Waals surface area contributed by atoms with E-state index in [0.29, 0.717) is 0 Å². The molecule has 0 bridgehead atoms. The van der Waals surface area contributed by atoms with Crippen molar-refractivity contribution < 1.29 is 4.74 Å². The average Bonchev–Trinajstić information content (AvgIpc) is 2.46. The van der Waals surface area contributed by atoms with E-state index in [-0.39, 0.29) is 0 Å². The Morgan fingerprint density at radius 2 is 1.70 bits per heavy atom. The Balaban J connectivity index is 2.29. The molecule has 2 aromatic rings. The van der Waals surface area contributed by atoms with Crippen LogP contribution in [-0.4, -0.2) is 46.7 Å². The van der Waals surface area contributed by atoms with Crippen molar-refractivity contribution in [2.75, 3.05) is 21.2 Å². The molecule has 0 atom stereocenters. The van der Waals surface area contributed by atoms with Gasteiger partial charge >= 0.3 is 133 Å². The van der Waals surface area contributed by atoms with Crippen LogP contribution < -0.4 is 11.3 Å². The minimum atomic E-state index is -2.37. The van der Waals surface area contributed by atoms with Gasteiger partial charge in [-0.2, -0.15) is 0 Å². The van der Waals surface area contributed by atoms with Crippen molar-refractivity contribution in [3.05, 3.63) is 54.1 Å². The second kappa shape index (κ2) is 7.40. The van der Waals surface area contributed by atoms with Gasteiger partial charge in [-0.25, -0.2) is 0 Å². The normalized spacial score (nSPS) is 11.1. The van der Waals surface area contributed by atoms with Gasteiger partial charge in [-0.15, -0.1) is 0 Å². The van der Waals surface area contributed by atoms with Gasteiger partial charge in [-0.05, 0) is 0 Å². The first-order chi connectivity index (χ1) is 9.61. The Hall–Kier alpha value is -0.627. The van der Waals surface area contributed by atoms with E-state index in [1.807, 2.05) is 12.1 Å². The van der Waals surface area contributed by atoms with E-state index < -0.39 is 20.6 Å². The summed E-state index contributed by atoms with van der Waals surface area (Å²) in [5.74, 6) is 0.879. The summed E-state index contributed by atoms with van der Waals surface area (Å²) in [6, 6.07) is 16.8. The third-order valence-electron chi connectivity index (χ3n) is 2.99. The molecule has 4 heteroatoms. The van der Waals surface area contributed by atoms with Crippen molar-refractivity contribution in [3.8, 4) is 5.75 Å². The van der Waals surface area contributed by atoms with Crippen LogP contribution in [0.2, 0.25) is 0 Å². The van der Waals surface area contributed by atoms with Gasteiger partial charge in [-0.3, -0.25) is 0 Å². The number of hydrogen-bond acceptors (Lipinski definition) is 2. The first-order valence-corrected chi connectivity index (χ1v) is 14.2. The van der Waals surface area contributed by atoms with Gasteiger partial charge in [0.15, 0.2) is 0 Å². The van der Waals surface area contributed by atoms with E-state index in [0.717, 1.165) is 12.3 Å². The summed E-state index contributed by atoms with van der Waals surface area (Å²) in [6.07, 6.45) is 0. The molecular weight excluding hydrogens is 467 g/mol. The predicted octanol–water partition coefficient (Wildman–Crippen LogP) is 2.10. The SMILES string of the molecule is COc1cc[c]([Bi]([Cl])[c]2ccccc2CN(C)C)cc1. The van der Waals surface area contributed by atoms with E-state index in [1.54, 1.807) is 7.11 Å². The van der Waals surface area contributed by atoms with Gasteiger partial charge in [-0.1, -0.05) is 0 Å². The number of halogens is 1. The molecule has 0 aliphatic carbocycles. The monoisotopic (exact) mass is 485 g/mol. The van der Waals surface area contributed by atoms with Crippen LogP contribution in [0.1, 0.15) is 5.56 Å². The summed E-state index contributed by atoms with van der Waals surface area (Å²) in [6.45, 7) is 0.935. The number of hydrogen-bond donors (Lipinski definition) is 0. The fourth-order valence-electron chi connectivity index (χ4n) is 2.03. The Morgan fingerprint density at radius 3 is 2.30 bits per heavy atom. The molecule has 0 N–H and O–H groups in total. The van der Waals surface area contributed by atoms with E-state index in [2.05, 4.69) is 55.4 Å². The van der Waals surface area contributed by atoms with Crippen molar-refractivity contribution in [1.82, 2.24) is 4.90 Å². The topological polar surface area (TPSA) is 12.5 Å². The first kappa shape index (κ1) is 15.8. The molecule has 2 rings (SSSR count). The van der Waals surface area contributed by atoms with Crippen molar-refractivity contribution in [1.29, 1.82) is 0 Å². The molecule has 0 saturated carbocycles.